The molecule has 2 rings (SSSR count). The molecule has 0 radical (unpaired) electrons. The van der Waals surface area contributed by atoms with Crippen LogP contribution in [-0.2, 0) is 4.74 Å². The van der Waals surface area contributed by atoms with E-state index in [1.807, 2.05) is 7.11 Å². The Morgan fingerprint density at radius 3 is 2.15 bits per heavy atom. The van der Waals surface area contributed by atoms with Crippen molar-refractivity contribution in [1.29, 1.82) is 0 Å². The molecule has 2 saturated carbocycles. The third-order valence-electron chi connectivity index (χ3n) is 6.27. The quantitative estimate of drug-likeness (QED) is 0.841. The number of likely N-dealkylation sites (N-methyl/N-ethyl adjacent to an activating group) is 1. The molecule has 2 N–H and O–H groups in total. The Bertz CT molecular complexity index is 279. The lowest BCUT2D eigenvalue weighted by molar-refractivity contribution is -0.0223. The summed E-state index contributed by atoms with van der Waals surface area (Å²) in [7, 11) is 4.17. The highest BCUT2D eigenvalue weighted by Gasteiger charge is 2.41. The SMILES string of the molecule is CCC1CCC(N(C)C2(CN)CCC(OC)CC2)CC1. The summed E-state index contributed by atoms with van der Waals surface area (Å²) < 4.78 is 5.52. The van der Waals surface area contributed by atoms with Crippen LogP contribution in [0.1, 0.15) is 64.7 Å². The molecule has 0 saturated heterocycles. The number of ether oxygens (including phenoxy) is 1. The minimum atomic E-state index is 0.235. The molecular formula is C17H34N2O. The first kappa shape index (κ1) is 16.3. The zero-order valence-corrected chi connectivity index (χ0v) is 13.7. The van der Waals surface area contributed by atoms with Gasteiger partial charge in [-0.1, -0.05) is 13.3 Å². The van der Waals surface area contributed by atoms with Crippen molar-refractivity contribution in [2.45, 2.75) is 82.4 Å². The van der Waals surface area contributed by atoms with E-state index in [2.05, 4.69) is 18.9 Å². The zero-order valence-electron chi connectivity index (χ0n) is 13.7. The van der Waals surface area contributed by atoms with Gasteiger partial charge in [-0.25, -0.2) is 0 Å². The van der Waals surface area contributed by atoms with Crippen LogP contribution < -0.4 is 5.73 Å². The first-order chi connectivity index (χ1) is 9.65. The average molecular weight is 282 g/mol. The van der Waals surface area contributed by atoms with Crippen molar-refractivity contribution in [1.82, 2.24) is 4.90 Å². The van der Waals surface area contributed by atoms with E-state index in [0.29, 0.717) is 6.10 Å². The van der Waals surface area contributed by atoms with Gasteiger partial charge in [-0.05, 0) is 64.3 Å². The smallest absolute Gasteiger partial charge is 0.0572 e. The lowest BCUT2D eigenvalue weighted by Crippen LogP contribution is -2.58. The van der Waals surface area contributed by atoms with Crippen LogP contribution in [0.15, 0.2) is 0 Å². The fourth-order valence-electron chi connectivity index (χ4n) is 4.39. The van der Waals surface area contributed by atoms with E-state index >= 15 is 0 Å². The number of hydrogen-bond donors (Lipinski definition) is 1. The van der Waals surface area contributed by atoms with Crippen molar-refractivity contribution in [3.63, 3.8) is 0 Å². The molecule has 2 aliphatic rings. The summed E-state index contributed by atoms with van der Waals surface area (Å²) in [5, 5.41) is 0. The molecule has 0 aliphatic heterocycles. The van der Waals surface area contributed by atoms with Crippen molar-refractivity contribution in [2.75, 3.05) is 20.7 Å². The monoisotopic (exact) mass is 282 g/mol. The Morgan fingerprint density at radius 2 is 1.70 bits per heavy atom. The van der Waals surface area contributed by atoms with Gasteiger partial charge in [0, 0.05) is 25.2 Å². The third kappa shape index (κ3) is 3.37. The molecule has 0 spiro atoms. The van der Waals surface area contributed by atoms with Crippen LogP contribution in [0.25, 0.3) is 0 Å². The number of nitrogens with two attached hydrogens (primary N) is 1. The van der Waals surface area contributed by atoms with Crippen LogP contribution in [0, 0.1) is 5.92 Å². The molecule has 2 fully saturated rings. The van der Waals surface area contributed by atoms with Gasteiger partial charge in [-0.2, -0.15) is 0 Å². The van der Waals surface area contributed by atoms with E-state index in [-0.39, 0.29) is 5.54 Å². The Labute approximate surface area is 125 Å². The van der Waals surface area contributed by atoms with Gasteiger partial charge in [-0.3, -0.25) is 4.90 Å². The fraction of sp³-hybridized carbons (Fsp3) is 1.00. The lowest BCUT2D eigenvalue weighted by Gasteiger charge is -2.50. The van der Waals surface area contributed by atoms with Crippen LogP contribution in [0.5, 0.6) is 0 Å². The molecule has 118 valence electrons. The predicted octanol–water partition coefficient (Wildman–Crippen LogP) is 3.17. The second-order valence-corrected chi connectivity index (χ2v) is 7.06. The highest BCUT2D eigenvalue weighted by molar-refractivity contribution is 4.98. The van der Waals surface area contributed by atoms with Crippen molar-refractivity contribution in [3.05, 3.63) is 0 Å². The molecule has 0 unspecified atom stereocenters. The molecule has 20 heavy (non-hydrogen) atoms. The molecule has 3 nitrogen and oxygen atoms in total. The van der Waals surface area contributed by atoms with E-state index in [9.17, 15) is 0 Å². The number of hydrogen-bond acceptors (Lipinski definition) is 3. The third-order valence-corrected chi connectivity index (χ3v) is 6.27. The van der Waals surface area contributed by atoms with Crippen LogP contribution in [0.3, 0.4) is 0 Å². The van der Waals surface area contributed by atoms with Gasteiger partial charge in [0.05, 0.1) is 6.10 Å². The topological polar surface area (TPSA) is 38.5 Å². The molecule has 0 atom stereocenters. The Hall–Kier alpha value is -0.120. The molecule has 0 bridgehead atoms. The van der Waals surface area contributed by atoms with Crippen molar-refractivity contribution < 1.29 is 4.74 Å². The predicted molar refractivity (Wildman–Crippen MR) is 84.9 cm³/mol. The minimum absolute atomic E-state index is 0.235. The van der Waals surface area contributed by atoms with Gasteiger partial charge in [0.1, 0.15) is 0 Å². The molecular weight excluding hydrogens is 248 g/mol. The lowest BCUT2D eigenvalue weighted by atomic mass is 9.76. The summed E-state index contributed by atoms with van der Waals surface area (Å²) in [6.45, 7) is 3.13. The Balaban J connectivity index is 1.94. The Morgan fingerprint density at radius 1 is 1.10 bits per heavy atom. The molecule has 0 amide bonds. The largest absolute Gasteiger partial charge is 0.381 e. The van der Waals surface area contributed by atoms with Crippen LogP contribution in [-0.4, -0.2) is 43.3 Å². The van der Waals surface area contributed by atoms with Gasteiger partial charge >= 0.3 is 0 Å². The van der Waals surface area contributed by atoms with Crippen LogP contribution in [0.4, 0.5) is 0 Å². The summed E-state index contributed by atoms with van der Waals surface area (Å²) in [5.74, 6) is 0.970. The van der Waals surface area contributed by atoms with E-state index in [1.165, 1.54) is 57.8 Å². The summed E-state index contributed by atoms with van der Waals surface area (Å²) in [6, 6.07) is 0.750. The first-order valence-electron chi connectivity index (χ1n) is 8.61. The highest BCUT2D eigenvalue weighted by atomic mass is 16.5. The van der Waals surface area contributed by atoms with Crippen molar-refractivity contribution in [3.8, 4) is 0 Å². The maximum Gasteiger partial charge on any atom is 0.0572 e. The van der Waals surface area contributed by atoms with Crippen molar-refractivity contribution >= 4 is 0 Å². The van der Waals surface area contributed by atoms with E-state index in [1.54, 1.807) is 0 Å². The minimum Gasteiger partial charge on any atom is -0.381 e. The second-order valence-electron chi connectivity index (χ2n) is 7.06. The fourth-order valence-corrected chi connectivity index (χ4v) is 4.39. The molecule has 3 heteroatoms. The van der Waals surface area contributed by atoms with Gasteiger partial charge in [-0.15, -0.1) is 0 Å². The van der Waals surface area contributed by atoms with E-state index < -0.39 is 0 Å². The summed E-state index contributed by atoms with van der Waals surface area (Å²) in [5.41, 5.74) is 6.44. The molecule has 0 aromatic carbocycles. The standard InChI is InChI=1S/C17H34N2O/c1-4-14-5-7-15(8-6-14)19(2)17(13-18)11-9-16(20-3)10-12-17/h14-16H,4-13,18H2,1-3H3. The molecule has 2 aliphatic carbocycles. The van der Waals surface area contributed by atoms with Gasteiger partial charge in [0.15, 0.2) is 0 Å². The number of methoxy groups -OCH3 is 1. The van der Waals surface area contributed by atoms with E-state index in [0.717, 1.165) is 18.5 Å². The second kappa shape index (κ2) is 7.24. The summed E-state index contributed by atoms with van der Waals surface area (Å²) >= 11 is 0. The maximum atomic E-state index is 6.20. The molecule has 0 aromatic heterocycles. The Kier molecular flexibility index (Phi) is 5.88. The van der Waals surface area contributed by atoms with Gasteiger partial charge in [0.25, 0.3) is 0 Å². The average Bonchev–Trinajstić information content (AvgIpc) is 2.54. The molecule has 0 aromatic rings. The van der Waals surface area contributed by atoms with Crippen molar-refractivity contribution in [2.24, 2.45) is 11.7 Å². The van der Waals surface area contributed by atoms with Gasteiger partial charge < -0.3 is 10.5 Å². The molecule has 0 heterocycles. The van der Waals surface area contributed by atoms with Crippen LogP contribution in [0.2, 0.25) is 0 Å². The summed E-state index contributed by atoms with van der Waals surface area (Å²) in [6.07, 6.45) is 12.1. The van der Waals surface area contributed by atoms with Crippen LogP contribution >= 0.6 is 0 Å². The first-order valence-corrected chi connectivity index (χ1v) is 8.61. The highest BCUT2D eigenvalue weighted by Crippen LogP contribution is 2.38. The maximum absolute atomic E-state index is 6.20. The van der Waals surface area contributed by atoms with E-state index in [4.69, 9.17) is 10.5 Å². The normalized spacial score (nSPS) is 39.1. The zero-order chi connectivity index (χ0) is 14.6. The van der Waals surface area contributed by atoms with Gasteiger partial charge in [0.2, 0.25) is 0 Å². The number of nitrogens with zero attached hydrogens (tertiary/aromatic N) is 1. The summed E-state index contributed by atoms with van der Waals surface area (Å²) in [4.78, 5) is 2.66. The number of rotatable bonds is 5.